The van der Waals surface area contributed by atoms with E-state index < -0.39 is 11.6 Å². The molecule has 0 aromatic heterocycles. The SMILES string of the molecule is C/C=C/C1CC=C(c2ccc(OC)c(F)c2F)CC1. The first-order valence-corrected chi connectivity index (χ1v) is 6.51. The van der Waals surface area contributed by atoms with Gasteiger partial charge in [-0.3, -0.25) is 0 Å². The van der Waals surface area contributed by atoms with Crippen molar-refractivity contribution in [3.8, 4) is 5.75 Å². The number of halogens is 2. The standard InChI is InChI=1S/C16H18F2O/c1-3-4-11-5-7-12(8-6-11)13-9-10-14(19-2)16(18)15(13)17/h3-4,7,9-11H,5-6,8H2,1-2H3/b4-3+. The zero-order valence-corrected chi connectivity index (χ0v) is 11.2. The summed E-state index contributed by atoms with van der Waals surface area (Å²) in [5, 5.41) is 0. The molecule has 0 aliphatic heterocycles. The summed E-state index contributed by atoms with van der Waals surface area (Å²) in [6, 6.07) is 3.08. The maximum atomic E-state index is 14.0. The normalized spacial score (nSPS) is 19.6. The van der Waals surface area contributed by atoms with Gasteiger partial charge in [-0.05, 0) is 49.8 Å². The summed E-state index contributed by atoms with van der Waals surface area (Å²) in [5.41, 5.74) is 1.25. The van der Waals surface area contributed by atoms with Crippen LogP contribution >= 0.6 is 0 Å². The van der Waals surface area contributed by atoms with E-state index in [2.05, 4.69) is 6.08 Å². The van der Waals surface area contributed by atoms with Crippen LogP contribution in [0.4, 0.5) is 8.78 Å². The highest BCUT2D eigenvalue weighted by molar-refractivity contribution is 5.67. The second kappa shape index (κ2) is 6.00. The molecule has 1 nitrogen and oxygen atoms in total. The highest BCUT2D eigenvalue weighted by Gasteiger charge is 2.19. The van der Waals surface area contributed by atoms with Crippen molar-refractivity contribution in [1.82, 2.24) is 0 Å². The molecule has 0 spiro atoms. The summed E-state index contributed by atoms with van der Waals surface area (Å²) in [4.78, 5) is 0. The first-order chi connectivity index (χ1) is 9.17. The van der Waals surface area contributed by atoms with Crippen LogP contribution in [0.3, 0.4) is 0 Å². The number of allylic oxidation sites excluding steroid dienone is 4. The largest absolute Gasteiger partial charge is 0.494 e. The molecule has 1 atom stereocenters. The zero-order chi connectivity index (χ0) is 13.8. The van der Waals surface area contributed by atoms with Crippen LogP contribution < -0.4 is 4.74 Å². The van der Waals surface area contributed by atoms with Crippen LogP contribution in [-0.2, 0) is 0 Å². The lowest BCUT2D eigenvalue weighted by atomic mass is 9.86. The second-order valence-corrected chi connectivity index (χ2v) is 4.73. The van der Waals surface area contributed by atoms with Gasteiger partial charge in [-0.15, -0.1) is 0 Å². The van der Waals surface area contributed by atoms with Gasteiger partial charge < -0.3 is 4.74 Å². The molecule has 2 rings (SSSR count). The molecular weight excluding hydrogens is 246 g/mol. The third kappa shape index (κ3) is 2.86. The highest BCUT2D eigenvalue weighted by atomic mass is 19.2. The van der Waals surface area contributed by atoms with Crippen LogP contribution in [0, 0.1) is 17.6 Å². The molecule has 0 bridgehead atoms. The van der Waals surface area contributed by atoms with E-state index in [9.17, 15) is 8.78 Å². The van der Waals surface area contributed by atoms with Gasteiger partial charge in [0, 0.05) is 5.56 Å². The number of methoxy groups -OCH3 is 1. The van der Waals surface area contributed by atoms with Crippen molar-refractivity contribution in [2.24, 2.45) is 5.92 Å². The quantitative estimate of drug-likeness (QED) is 0.717. The lowest BCUT2D eigenvalue weighted by molar-refractivity contribution is 0.371. The molecule has 1 aliphatic carbocycles. The fourth-order valence-electron chi connectivity index (χ4n) is 2.48. The smallest absolute Gasteiger partial charge is 0.201 e. The van der Waals surface area contributed by atoms with Crippen LogP contribution in [0.25, 0.3) is 5.57 Å². The molecular formula is C16H18F2O. The van der Waals surface area contributed by atoms with Gasteiger partial charge in [0.25, 0.3) is 0 Å². The minimum atomic E-state index is -0.906. The Kier molecular flexibility index (Phi) is 4.35. The Hall–Kier alpha value is -1.64. The molecule has 0 N–H and O–H groups in total. The molecule has 0 radical (unpaired) electrons. The molecule has 19 heavy (non-hydrogen) atoms. The predicted octanol–water partition coefficient (Wildman–Crippen LogP) is 4.73. The zero-order valence-electron chi connectivity index (χ0n) is 11.2. The van der Waals surface area contributed by atoms with Crippen LogP contribution in [-0.4, -0.2) is 7.11 Å². The summed E-state index contributed by atoms with van der Waals surface area (Å²) in [6.07, 6.45) is 8.85. The summed E-state index contributed by atoms with van der Waals surface area (Å²) >= 11 is 0. The van der Waals surface area contributed by atoms with Crippen LogP contribution in [0.15, 0.2) is 30.4 Å². The van der Waals surface area contributed by atoms with E-state index in [1.807, 2.05) is 19.1 Å². The maximum Gasteiger partial charge on any atom is 0.201 e. The Balaban J connectivity index is 2.27. The lowest BCUT2D eigenvalue weighted by Gasteiger charge is -2.20. The lowest BCUT2D eigenvalue weighted by Crippen LogP contribution is -2.05. The van der Waals surface area contributed by atoms with Crippen molar-refractivity contribution < 1.29 is 13.5 Å². The van der Waals surface area contributed by atoms with Gasteiger partial charge in [0.2, 0.25) is 5.82 Å². The average molecular weight is 264 g/mol. The molecule has 0 heterocycles. The fourth-order valence-corrected chi connectivity index (χ4v) is 2.48. The van der Waals surface area contributed by atoms with Crippen LogP contribution in [0.5, 0.6) is 5.75 Å². The molecule has 1 unspecified atom stereocenters. The molecule has 0 saturated heterocycles. The number of ether oxygens (including phenoxy) is 1. The van der Waals surface area contributed by atoms with E-state index >= 15 is 0 Å². The Bertz CT molecular complexity index is 518. The van der Waals surface area contributed by atoms with Crippen molar-refractivity contribution in [1.29, 1.82) is 0 Å². The summed E-state index contributed by atoms with van der Waals surface area (Å²) in [5.74, 6) is -1.25. The maximum absolute atomic E-state index is 14.0. The van der Waals surface area contributed by atoms with Crippen molar-refractivity contribution in [3.63, 3.8) is 0 Å². The third-order valence-corrected chi connectivity index (χ3v) is 3.53. The van der Waals surface area contributed by atoms with Crippen molar-refractivity contribution in [2.45, 2.75) is 26.2 Å². The predicted molar refractivity (Wildman–Crippen MR) is 73.0 cm³/mol. The van der Waals surface area contributed by atoms with Crippen molar-refractivity contribution >= 4 is 5.57 Å². The van der Waals surface area contributed by atoms with Crippen LogP contribution in [0.1, 0.15) is 31.7 Å². The Morgan fingerprint density at radius 2 is 2.05 bits per heavy atom. The summed E-state index contributed by atoms with van der Waals surface area (Å²) < 4.78 is 32.4. The monoisotopic (exact) mass is 264 g/mol. The third-order valence-electron chi connectivity index (χ3n) is 3.53. The van der Waals surface area contributed by atoms with E-state index in [0.29, 0.717) is 11.5 Å². The number of hydrogen-bond acceptors (Lipinski definition) is 1. The number of hydrogen-bond donors (Lipinski definition) is 0. The Morgan fingerprint density at radius 3 is 2.63 bits per heavy atom. The van der Waals surface area contributed by atoms with Crippen LogP contribution in [0.2, 0.25) is 0 Å². The molecule has 0 saturated carbocycles. The molecule has 1 aromatic carbocycles. The fraction of sp³-hybridized carbons (Fsp3) is 0.375. The van der Waals surface area contributed by atoms with Gasteiger partial charge >= 0.3 is 0 Å². The first kappa shape index (κ1) is 13.8. The molecule has 1 aliphatic rings. The average Bonchev–Trinajstić information content (AvgIpc) is 2.43. The first-order valence-electron chi connectivity index (χ1n) is 6.51. The van der Waals surface area contributed by atoms with Gasteiger partial charge in [0.15, 0.2) is 11.6 Å². The van der Waals surface area contributed by atoms with Gasteiger partial charge in [0.05, 0.1) is 7.11 Å². The summed E-state index contributed by atoms with van der Waals surface area (Å²) in [7, 11) is 1.33. The van der Waals surface area contributed by atoms with Gasteiger partial charge in [0.1, 0.15) is 0 Å². The van der Waals surface area contributed by atoms with Crippen molar-refractivity contribution in [3.05, 3.63) is 47.6 Å². The number of rotatable bonds is 3. The van der Waals surface area contributed by atoms with E-state index in [4.69, 9.17) is 4.74 Å². The molecule has 3 heteroatoms. The Labute approximate surface area is 112 Å². The van der Waals surface area contributed by atoms with Gasteiger partial charge in [-0.2, -0.15) is 4.39 Å². The Morgan fingerprint density at radius 1 is 1.26 bits per heavy atom. The number of benzene rings is 1. The van der Waals surface area contributed by atoms with E-state index in [1.165, 1.54) is 13.2 Å². The van der Waals surface area contributed by atoms with E-state index in [-0.39, 0.29) is 5.75 Å². The minimum absolute atomic E-state index is 0.0514. The van der Waals surface area contributed by atoms with E-state index in [0.717, 1.165) is 24.8 Å². The molecule has 0 amide bonds. The van der Waals surface area contributed by atoms with E-state index in [1.54, 1.807) is 6.07 Å². The highest BCUT2D eigenvalue weighted by Crippen LogP contribution is 2.34. The topological polar surface area (TPSA) is 9.23 Å². The van der Waals surface area contributed by atoms with Gasteiger partial charge in [-0.1, -0.05) is 18.2 Å². The van der Waals surface area contributed by atoms with Gasteiger partial charge in [-0.25, -0.2) is 4.39 Å². The summed E-state index contributed by atoms with van der Waals surface area (Å²) in [6.45, 7) is 2.00. The van der Waals surface area contributed by atoms with Crippen molar-refractivity contribution in [2.75, 3.05) is 7.11 Å². The molecule has 1 aromatic rings. The molecule has 0 fully saturated rings. The molecule has 102 valence electrons. The minimum Gasteiger partial charge on any atom is -0.494 e. The second-order valence-electron chi connectivity index (χ2n) is 4.73.